The van der Waals surface area contributed by atoms with Gasteiger partial charge in [0, 0.05) is 24.6 Å². The SMILES string of the molecule is Cc1nn(CCc2nc(C3CC3)nn2C2CCCCC2)c(C)c1C. The number of aryl methyl sites for hydroxylation is 3. The Bertz CT molecular complexity index is 716. The summed E-state index contributed by atoms with van der Waals surface area (Å²) in [7, 11) is 0. The third kappa shape index (κ3) is 3.01. The van der Waals surface area contributed by atoms with Crippen LogP contribution in [0.25, 0.3) is 0 Å². The monoisotopic (exact) mass is 327 g/mol. The van der Waals surface area contributed by atoms with Gasteiger partial charge in [0.2, 0.25) is 0 Å². The molecule has 0 spiro atoms. The van der Waals surface area contributed by atoms with Gasteiger partial charge in [-0.15, -0.1) is 0 Å². The molecule has 2 aliphatic carbocycles. The fraction of sp³-hybridized carbons (Fsp3) is 0.737. The number of nitrogens with zero attached hydrogens (tertiary/aromatic N) is 5. The van der Waals surface area contributed by atoms with Crippen LogP contribution < -0.4 is 0 Å². The molecule has 0 amide bonds. The van der Waals surface area contributed by atoms with Crippen LogP contribution in [-0.4, -0.2) is 24.5 Å². The Labute approximate surface area is 144 Å². The zero-order chi connectivity index (χ0) is 16.7. The maximum atomic E-state index is 4.93. The third-order valence-corrected chi connectivity index (χ3v) is 5.87. The molecule has 2 heterocycles. The van der Waals surface area contributed by atoms with Crippen molar-refractivity contribution in [2.45, 2.75) is 90.6 Å². The highest BCUT2D eigenvalue weighted by Gasteiger charge is 2.30. The second-order valence-corrected chi connectivity index (χ2v) is 7.67. The van der Waals surface area contributed by atoms with Crippen molar-refractivity contribution in [2.24, 2.45) is 0 Å². The molecular weight excluding hydrogens is 298 g/mol. The van der Waals surface area contributed by atoms with Gasteiger partial charge < -0.3 is 0 Å². The molecule has 0 bridgehead atoms. The van der Waals surface area contributed by atoms with E-state index in [-0.39, 0.29) is 0 Å². The van der Waals surface area contributed by atoms with E-state index in [1.165, 1.54) is 62.0 Å². The number of aromatic nitrogens is 5. The van der Waals surface area contributed by atoms with E-state index in [0.29, 0.717) is 12.0 Å². The van der Waals surface area contributed by atoms with E-state index >= 15 is 0 Å². The topological polar surface area (TPSA) is 48.5 Å². The first-order valence-electron chi connectivity index (χ1n) is 9.59. The summed E-state index contributed by atoms with van der Waals surface area (Å²) in [5.41, 5.74) is 3.72. The van der Waals surface area contributed by atoms with Crippen molar-refractivity contribution in [1.82, 2.24) is 24.5 Å². The Hall–Kier alpha value is -1.65. The van der Waals surface area contributed by atoms with Gasteiger partial charge in [-0.1, -0.05) is 19.3 Å². The van der Waals surface area contributed by atoms with E-state index in [9.17, 15) is 0 Å². The lowest BCUT2D eigenvalue weighted by Crippen LogP contribution is -2.18. The summed E-state index contributed by atoms with van der Waals surface area (Å²) in [6.45, 7) is 7.31. The first-order chi connectivity index (χ1) is 11.6. The number of hydrogen-bond donors (Lipinski definition) is 0. The van der Waals surface area contributed by atoms with Crippen molar-refractivity contribution in [3.05, 3.63) is 28.6 Å². The molecule has 2 saturated carbocycles. The maximum absolute atomic E-state index is 4.93. The Kier molecular flexibility index (Phi) is 4.19. The predicted octanol–water partition coefficient (Wildman–Crippen LogP) is 4.03. The van der Waals surface area contributed by atoms with Crippen LogP contribution >= 0.6 is 0 Å². The summed E-state index contributed by atoms with van der Waals surface area (Å²) >= 11 is 0. The van der Waals surface area contributed by atoms with Gasteiger partial charge in [0.25, 0.3) is 0 Å². The molecule has 0 aromatic carbocycles. The van der Waals surface area contributed by atoms with Crippen LogP contribution in [0, 0.1) is 20.8 Å². The largest absolute Gasteiger partial charge is 0.269 e. The lowest BCUT2D eigenvalue weighted by molar-refractivity contribution is 0.318. The van der Waals surface area contributed by atoms with Crippen molar-refractivity contribution in [1.29, 1.82) is 0 Å². The molecule has 0 N–H and O–H groups in total. The summed E-state index contributed by atoms with van der Waals surface area (Å²) in [6.07, 6.45) is 10.0. The molecule has 0 atom stereocenters. The highest BCUT2D eigenvalue weighted by molar-refractivity contribution is 5.22. The van der Waals surface area contributed by atoms with Crippen LogP contribution in [-0.2, 0) is 13.0 Å². The van der Waals surface area contributed by atoms with E-state index in [2.05, 4.69) is 35.2 Å². The zero-order valence-corrected chi connectivity index (χ0v) is 15.3. The first-order valence-corrected chi connectivity index (χ1v) is 9.59. The highest BCUT2D eigenvalue weighted by atomic mass is 15.4. The second-order valence-electron chi connectivity index (χ2n) is 7.67. The molecule has 2 aliphatic rings. The molecule has 5 nitrogen and oxygen atoms in total. The van der Waals surface area contributed by atoms with Crippen LogP contribution in [0.4, 0.5) is 0 Å². The van der Waals surface area contributed by atoms with Gasteiger partial charge in [-0.25, -0.2) is 9.67 Å². The molecule has 2 aromatic rings. The lowest BCUT2D eigenvalue weighted by atomic mass is 9.95. The minimum absolute atomic E-state index is 0.566. The normalized spacial score (nSPS) is 19.1. The summed E-state index contributed by atoms with van der Waals surface area (Å²) in [5, 5.41) is 9.61. The second kappa shape index (κ2) is 6.34. The zero-order valence-electron chi connectivity index (χ0n) is 15.3. The van der Waals surface area contributed by atoms with Gasteiger partial charge in [0.1, 0.15) is 5.82 Å². The molecule has 0 unspecified atom stereocenters. The van der Waals surface area contributed by atoms with Gasteiger partial charge in [0.15, 0.2) is 5.82 Å². The predicted molar refractivity (Wildman–Crippen MR) is 94.3 cm³/mol. The summed E-state index contributed by atoms with van der Waals surface area (Å²) < 4.78 is 4.42. The van der Waals surface area contributed by atoms with Crippen molar-refractivity contribution < 1.29 is 0 Å². The van der Waals surface area contributed by atoms with Crippen LogP contribution in [0.5, 0.6) is 0 Å². The summed E-state index contributed by atoms with van der Waals surface area (Å²) in [4.78, 5) is 4.93. The average molecular weight is 327 g/mol. The van der Waals surface area contributed by atoms with Crippen LogP contribution in [0.1, 0.15) is 85.5 Å². The van der Waals surface area contributed by atoms with Crippen molar-refractivity contribution in [3.8, 4) is 0 Å². The fourth-order valence-electron chi connectivity index (χ4n) is 3.89. The van der Waals surface area contributed by atoms with Gasteiger partial charge in [0.05, 0.1) is 11.7 Å². The maximum Gasteiger partial charge on any atom is 0.154 e. The molecule has 2 aromatic heterocycles. The van der Waals surface area contributed by atoms with Crippen molar-refractivity contribution >= 4 is 0 Å². The van der Waals surface area contributed by atoms with Gasteiger partial charge >= 0.3 is 0 Å². The van der Waals surface area contributed by atoms with Crippen LogP contribution in [0.3, 0.4) is 0 Å². The Morgan fingerprint density at radius 3 is 2.33 bits per heavy atom. The molecule has 4 rings (SSSR count). The summed E-state index contributed by atoms with van der Waals surface area (Å²) in [6, 6.07) is 0.566. The molecule has 0 aliphatic heterocycles. The molecule has 0 saturated heterocycles. The van der Waals surface area contributed by atoms with E-state index in [4.69, 9.17) is 10.1 Å². The Morgan fingerprint density at radius 1 is 0.958 bits per heavy atom. The smallest absolute Gasteiger partial charge is 0.154 e. The average Bonchev–Trinajstić information content (AvgIpc) is 3.32. The standard InChI is InChI=1S/C19H29N5/c1-13-14(2)21-23(15(13)3)12-11-18-20-19(16-9-10-16)22-24(18)17-7-5-4-6-8-17/h16-17H,4-12H2,1-3H3. The quantitative estimate of drug-likeness (QED) is 0.833. The lowest BCUT2D eigenvalue weighted by Gasteiger charge is -2.23. The van der Waals surface area contributed by atoms with Crippen LogP contribution in [0.2, 0.25) is 0 Å². The van der Waals surface area contributed by atoms with E-state index in [1.54, 1.807) is 0 Å². The van der Waals surface area contributed by atoms with E-state index in [1.807, 2.05) is 0 Å². The highest BCUT2D eigenvalue weighted by Crippen LogP contribution is 2.39. The van der Waals surface area contributed by atoms with E-state index < -0.39 is 0 Å². The fourth-order valence-corrected chi connectivity index (χ4v) is 3.89. The molecule has 5 heteroatoms. The number of rotatable bonds is 5. The van der Waals surface area contributed by atoms with Crippen molar-refractivity contribution in [3.63, 3.8) is 0 Å². The Morgan fingerprint density at radius 2 is 1.71 bits per heavy atom. The Balaban J connectivity index is 1.55. The third-order valence-electron chi connectivity index (χ3n) is 5.87. The molecule has 130 valence electrons. The minimum Gasteiger partial charge on any atom is -0.269 e. The summed E-state index contributed by atoms with van der Waals surface area (Å²) in [5.74, 6) is 2.90. The molecule has 24 heavy (non-hydrogen) atoms. The minimum atomic E-state index is 0.566. The van der Waals surface area contributed by atoms with E-state index in [0.717, 1.165) is 24.5 Å². The van der Waals surface area contributed by atoms with Gasteiger partial charge in [-0.05, 0) is 52.0 Å². The van der Waals surface area contributed by atoms with Crippen molar-refractivity contribution in [2.75, 3.05) is 0 Å². The first kappa shape index (κ1) is 15.9. The molecular formula is C19H29N5. The van der Waals surface area contributed by atoms with Crippen LogP contribution in [0.15, 0.2) is 0 Å². The molecule has 2 fully saturated rings. The van der Waals surface area contributed by atoms with Gasteiger partial charge in [-0.3, -0.25) is 4.68 Å². The van der Waals surface area contributed by atoms with Gasteiger partial charge in [-0.2, -0.15) is 10.2 Å². The number of hydrogen-bond acceptors (Lipinski definition) is 3. The molecule has 0 radical (unpaired) electrons.